The van der Waals surface area contributed by atoms with Crippen LogP contribution in [0.2, 0.25) is 5.02 Å². The van der Waals surface area contributed by atoms with Crippen LogP contribution in [0.4, 0.5) is 0 Å². The summed E-state index contributed by atoms with van der Waals surface area (Å²) in [4.78, 5) is 14.8. The van der Waals surface area contributed by atoms with Crippen molar-refractivity contribution in [1.29, 1.82) is 0 Å². The zero-order chi connectivity index (χ0) is 20.5. The Morgan fingerprint density at radius 2 is 1.72 bits per heavy atom. The van der Waals surface area contributed by atoms with Crippen molar-refractivity contribution in [3.8, 4) is 0 Å². The van der Waals surface area contributed by atoms with E-state index in [0.717, 1.165) is 26.7 Å². The van der Waals surface area contributed by atoms with Gasteiger partial charge >= 0.3 is 0 Å². The van der Waals surface area contributed by atoms with Crippen LogP contribution in [0.25, 0.3) is 5.57 Å². The van der Waals surface area contributed by atoms with Crippen LogP contribution in [0.15, 0.2) is 83.0 Å². The van der Waals surface area contributed by atoms with Crippen LogP contribution >= 0.6 is 27.5 Å². The van der Waals surface area contributed by atoms with Crippen molar-refractivity contribution in [3.05, 3.63) is 110 Å². The smallest absolute Gasteiger partial charge is 0.290 e. The zero-order valence-corrected chi connectivity index (χ0v) is 18.1. The van der Waals surface area contributed by atoms with Gasteiger partial charge in [-0.05, 0) is 47.9 Å². The molecule has 4 rings (SSSR count). The number of aryl methyl sites for hydroxylation is 1. The first-order valence-electron chi connectivity index (χ1n) is 9.25. The summed E-state index contributed by atoms with van der Waals surface area (Å²) in [6.07, 6.45) is 0. The number of rotatable bonds is 4. The van der Waals surface area contributed by atoms with Gasteiger partial charge in [-0.1, -0.05) is 81.6 Å². The molecule has 29 heavy (non-hydrogen) atoms. The number of aliphatic hydroxyl groups excluding tert-OH is 1. The topological polar surface area (TPSA) is 40.5 Å². The van der Waals surface area contributed by atoms with Crippen molar-refractivity contribution in [2.24, 2.45) is 0 Å². The molecule has 0 spiro atoms. The average Bonchev–Trinajstić information content (AvgIpc) is 2.95. The molecule has 1 heterocycles. The molecule has 0 saturated heterocycles. The number of carbonyl (C=O) groups is 1. The normalized spacial score (nSPS) is 16.6. The molecule has 0 bridgehead atoms. The van der Waals surface area contributed by atoms with E-state index in [0.29, 0.717) is 17.1 Å². The van der Waals surface area contributed by atoms with Crippen molar-refractivity contribution in [2.75, 3.05) is 0 Å². The second-order valence-electron chi connectivity index (χ2n) is 7.15. The van der Waals surface area contributed by atoms with Gasteiger partial charge in [0.25, 0.3) is 5.91 Å². The summed E-state index contributed by atoms with van der Waals surface area (Å²) in [5.74, 6) is -0.576. The molecule has 3 aromatic rings. The Morgan fingerprint density at radius 3 is 2.38 bits per heavy atom. The third-order valence-electron chi connectivity index (χ3n) is 5.10. The van der Waals surface area contributed by atoms with E-state index >= 15 is 0 Å². The number of hydrogen-bond acceptors (Lipinski definition) is 2. The fourth-order valence-corrected chi connectivity index (χ4v) is 4.20. The van der Waals surface area contributed by atoms with Crippen molar-refractivity contribution in [3.63, 3.8) is 0 Å². The van der Waals surface area contributed by atoms with Crippen molar-refractivity contribution in [1.82, 2.24) is 4.90 Å². The molecule has 3 nitrogen and oxygen atoms in total. The van der Waals surface area contributed by atoms with Crippen molar-refractivity contribution >= 4 is 39.0 Å². The molecule has 1 aliphatic rings. The van der Waals surface area contributed by atoms with Gasteiger partial charge in [0, 0.05) is 21.6 Å². The van der Waals surface area contributed by atoms with E-state index in [1.807, 2.05) is 67.6 Å². The predicted molar refractivity (Wildman–Crippen MR) is 120 cm³/mol. The first kappa shape index (κ1) is 19.7. The lowest BCUT2D eigenvalue weighted by Gasteiger charge is -2.27. The molecule has 0 unspecified atom stereocenters. The van der Waals surface area contributed by atoms with Crippen LogP contribution in [-0.4, -0.2) is 15.9 Å². The first-order chi connectivity index (χ1) is 13.9. The highest BCUT2D eigenvalue weighted by molar-refractivity contribution is 9.10. The minimum absolute atomic E-state index is 0.201. The summed E-state index contributed by atoms with van der Waals surface area (Å²) in [6.45, 7) is 2.38. The largest absolute Gasteiger partial charge is 0.503 e. The van der Waals surface area contributed by atoms with Crippen LogP contribution in [-0.2, 0) is 11.3 Å². The number of benzene rings is 3. The maximum Gasteiger partial charge on any atom is 0.290 e. The highest BCUT2D eigenvalue weighted by Crippen LogP contribution is 2.44. The van der Waals surface area contributed by atoms with E-state index in [1.54, 1.807) is 17.0 Å². The molecule has 1 atom stereocenters. The Hall–Kier alpha value is -2.56. The monoisotopic (exact) mass is 467 g/mol. The third-order valence-corrected chi connectivity index (χ3v) is 5.84. The molecule has 1 amide bonds. The summed E-state index contributed by atoms with van der Waals surface area (Å²) in [5.41, 5.74) is 4.46. The number of nitrogens with zero attached hydrogens (tertiary/aromatic N) is 1. The fraction of sp³-hybridized carbons (Fsp3) is 0.125. The van der Waals surface area contributed by atoms with E-state index < -0.39 is 6.04 Å². The maximum absolute atomic E-state index is 13.1. The van der Waals surface area contributed by atoms with Crippen molar-refractivity contribution < 1.29 is 9.90 Å². The van der Waals surface area contributed by atoms with Gasteiger partial charge in [-0.15, -0.1) is 0 Å². The number of hydrogen-bond donors (Lipinski definition) is 1. The Labute approximate surface area is 183 Å². The summed E-state index contributed by atoms with van der Waals surface area (Å²) >= 11 is 9.53. The molecule has 0 aliphatic carbocycles. The number of carbonyl (C=O) groups excluding carboxylic acids is 1. The molecule has 3 aromatic carbocycles. The number of aliphatic hydroxyl groups is 1. The number of amides is 1. The van der Waals surface area contributed by atoms with Gasteiger partial charge in [-0.3, -0.25) is 4.79 Å². The Balaban J connectivity index is 1.81. The van der Waals surface area contributed by atoms with Gasteiger partial charge in [0.2, 0.25) is 0 Å². The maximum atomic E-state index is 13.1. The molecule has 0 saturated carbocycles. The van der Waals surface area contributed by atoms with Crippen LogP contribution in [0.5, 0.6) is 0 Å². The molecule has 1 aliphatic heterocycles. The van der Waals surface area contributed by atoms with E-state index in [1.165, 1.54) is 0 Å². The standard InChI is InChI=1S/C24H19BrClNO2/c1-15-5-9-17(10-6-15)21-22(18-3-2-4-19(25)13-18)27(24(29)23(21)28)14-16-7-11-20(26)12-8-16/h2-13,22,28H,14H2,1H3/t22-/m0/s1. The molecule has 5 heteroatoms. The summed E-state index contributed by atoms with van der Waals surface area (Å²) in [7, 11) is 0. The third kappa shape index (κ3) is 3.96. The van der Waals surface area contributed by atoms with E-state index in [-0.39, 0.29) is 11.7 Å². The Bertz CT molecular complexity index is 1090. The fourth-order valence-electron chi connectivity index (χ4n) is 3.65. The highest BCUT2D eigenvalue weighted by Gasteiger charge is 2.41. The molecule has 146 valence electrons. The van der Waals surface area contributed by atoms with Crippen LogP contribution in [0, 0.1) is 6.92 Å². The van der Waals surface area contributed by atoms with Gasteiger partial charge in [0.1, 0.15) is 0 Å². The summed E-state index contributed by atoms with van der Waals surface area (Å²) < 4.78 is 0.920. The van der Waals surface area contributed by atoms with E-state index in [9.17, 15) is 9.90 Å². The minimum atomic E-state index is -0.390. The van der Waals surface area contributed by atoms with Crippen LogP contribution in [0.1, 0.15) is 28.3 Å². The lowest BCUT2D eigenvalue weighted by Crippen LogP contribution is -2.29. The van der Waals surface area contributed by atoms with E-state index in [4.69, 9.17) is 11.6 Å². The van der Waals surface area contributed by atoms with E-state index in [2.05, 4.69) is 15.9 Å². The molecule has 0 radical (unpaired) electrons. The average molecular weight is 469 g/mol. The van der Waals surface area contributed by atoms with Gasteiger partial charge in [0.05, 0.1) is 6.04 Å². The van der Waals surface area contributed by atoms with Gasteiger partial charge < -0.3 is 10.0 Å². The molecule has 0 aromatic heterocycles. The lowest BCUT2D eigenvalue weighted by atomic mass is 9.93. The summed E-state index contributed by atoms with van der Waals surface area (Å²) in [6, 6.07) is 22.7. The summed E-state index contributed by atoms with van der Waals surface area (Å²) in [5, 5.41) is 11.5. The predicted octanol–water partition coefficient (Wildman–Crippen LogP) is 6.46. The molecular weight excluding hydrogens is 450 g/mol. The van der Waals surface area contributed by atoms with Crippen molar-refractivity contribution in [2.45, 2.75) is 19.5 Å². The zero-order valence-electron chi connectivity index (χ0n) is 15.8. The molecular formula is C24H19BrClNO2. The van der Waals surface area contributed by atoms with Gasteiger partial charge in [-0.25, -0.2) is 0 Å². The SMILES string of the molecule is Cc1ccc(C2=C(O)C(=O)N(Cc3ccc(Cl)cc3)[C@H]2c2cccc(Br)c2)cc1. The quantitative estimate of drug-likeness (QED) is 0.477. The number of halogens is 2. The van der Waals surface area contributed by atoms with Gasteiger partial charge in [0.15, 0.2) is 5.76 Å². The minimum Gasteiger partial charge on any atom is -0.503 e. The Morgan fingerprint density at radius 1 is 1.03 bits per heavy atom. The molecule has 1 N–H and O–H groups in total. The first-order valence-corrected chi connectivity index (χ1v) is 10.4. The lowest BCUT2D eigenvalue weighted by molar-refractivity contribution is -0.130. The second-order valence-corrected chi connectivity index (χ2v) is 8.50. The van der Waals surface area contributed by atoms with Crippen LogP contribution < -0.4 is 0 Å². The Kier molecular flexibility index (Phi) is 5.48. The molecule has 0 fully saturated rings. The van der Waals surface area contributed by atoms with Crippen LogP contribution in [0.3, 0.4) is 0 Å². The van der Waals surface area contributed by atoms with Gasteiger partial charge in [-0.2, -0.15) is 0 Å². The second kappa shape index (κ2) is 8.05. The highest BCUT2D eigenvalue weighted by atomic mass is 79.9.